The van der Waals surface area contributed by atoms with Crippen LogP contribution in [0.2, 0.25) is 0 Å². The third-order valence-electron chi connectivity index (χ3n) is 10.2. The van der Waals surface area contributed by atoms with Crippen LogP contribution in [-0.2, 0) is 21.1 Å². The topological polar surface area (TPSA) is 73.1 Å². The van der Waals surface area contributed by atoms with Crippen molar-refractivity contribution in [3.05, 3.63) is 164 Å². The summed E-state index contributed by atoms with van der Waals surface area (Å²) in [6, 6.07) is 45.3. The number of nitrogens with zero attached hydrogens (tertiary/aromatic N) is 5. The van der Waals surface area contributed by atoms with Crippen LogP contribution in [0, 0.1) is 0 Å². The van der Waals surface area contributed by atoms with Crippen molar-refractivity contribution < 1.29 is 29.9 Å². The van der Waals surface area contributed by atoms with E-state index in [2.05, 4.69) is 148 Å². The van der Waals surface area contributed by atoms with Gasteiger partial charge in [-0.25, -0.2) is 14.5 Å². The zero-order valence-electron chi connectivity index (χ0n) is 27.5. The fourth-order valence-electron chi connectivity index (χ4n) is 8.05. The van der Waals surface area contributed by atoms with Crippen molar-refractivity contribution in [1.82, 2.24) is 19.5 Å². The predicted octanol–water partition coefficient (Wildman–Crippen LogP) is 8.33. The SMILES string of the molecule is C1=CC2c3ccc4oc(-n5c6ccccc6c6ccc(-c7cccc8ocnc78)nc65)nc4c3N([Si](c3ccccc3)c3ccccc3)C2C=C1.[Pt]. The van der Waals surface area contributed by atoms with E-state index in [1.165, 1.54) is 22.3 Å². The number of anilines is 1. The molecule has 5 heterocycles. The first-order chi connectivity index (χ1) is 25.3. The van der Waals surface area contributed by atoms with E-state index in [-0.39, 0.29) is 33.0 Å². The number of para-hydroxylation sites is 2. The van der Waals surface area contributed by atoms with Gasteiger partial charge in [0.15, 0.2) is 17.6 Å². The van der Waals surface area contributed by atoms with Crippen molar-refractivity contribution in [1.29, 1.82) is 0 Å². The molecule has 0 N–H and O–H groups in total. The van der Waals surface area contributed by atoms with Crippen molar-refractivity contribution in [2.75, 3.05) is 4.57 Å². The van der Waals surface area contributed by atoms with Crippen LogP contribution < -0.4 is 14.9 Å². The van der Waals surface area contributed by atoms with Gasteiger partial charge in [0.25, 0.3) is 0 Å². The molecule has 0 amide bonds. The molecule has 5 aromatic carbocycles. The molecule has 2 unspecified atom stereocenters. The Morgan fingerprint density at radius 2 is 1.40 bits per heavy atom. The molecular weight excluding hydrogens is 842 g/mol. The predicted molar refractivity (Wildman–Crippen MR) is 204 cm³/mol. The fourth-order valence-corrected chi connectivity index (χ4v) is 11.0. The molecule has 2 aliphatic rings. The van der Waals surface area contributed by atoms with Gasteiger partial charge in [-0.3, -0.25) is 0 Å². The molecule has 11 rings (SSSR count). The second-order valence-electron chi connectivity index (χ2n) is 13.0. The molecule has 251 valence electrons. The van der Waals surface area contributed by atoms with E-state index < -0.39 is 8.96 Å². The van der Waals surface area contributed by atoms with Gasteiger partial charge in [-0.2, -0.15) is 4.98 Å². The number of oxazole rings is 2. The van der Waals surface area contributed by atoms with E-state index in [0.29, 0.717) is 6.01 Å². The molecule has 0 spiro atoms. The summed E-state index contributed by atoms with van der Waals surface area (Å²) in [6.45, 7) is 0. The molecule has 9 aromatic rings. The van der Waals surface area contributed by atoms with E-state index in [4.69, 9.17) is 18.8 Å². The summed E-state index contributed by atoms with van der Waals surface area (Å²) < 4.78 is 17.1. The van der Waals surface area contributed by atoms with Crippen LogP contribution in [-0.4, -0.2) is 34.5 Å². The van der Waals surface area contributed by atoms with Crippen LogP contribution in [0.5, 0.6) is 0 Å². The first kappa shape index (κ1) is 31.0. The number of hydrogen-bond acceptors (Lipinski definition) is 6. The molecule has 7 nitrogen and oxygen atoms in total. The monoisotopic (exact) mass is 869 g/mol. The molecule has 9 heteroatoms. The Morgan fingerprint density at radius 1 is 0.635 bits per heavy atom. The van der Waals surface area contributed by atoms with E-state index in [9.17, 15) is 0 Å². The fraction of sp³-hybridized carbons (Fsp3) is 0.0465. The third kappa shape index (κ3) is 4.57. The van der Waals surface area contributed by atoms with E-state index in [1.54, 1.807) is 0 Å². The Morgan fingerprint density at radius 3 is 2.23 bits per heavy atom. The number of allylic oxidation sites excluding steroid dienone is 2. The number of rotatable bonds is 5. The second kappa shape index (κ2) is 12.2. The van der Waals surface area contributed by atoms with Gasteiger partial charge < -0.3 is 13.4 Å². The maximum absolute atomic E-state index is 6.78. The number of aromatic nitrogens is 4. The summed E-state index contributed by atoms with van der Waals surface area (Å²) in [5.74, 6) is 0.207. The number of fused-ring (bicyclic) bond motifs is 9. The van der Waals surface area contributed by atoms with E-state index in [1.807, 2.05) is 18.2 Å². The molecule has 1 aliphatic heterocycles. The molecule has 2 atom stereocenters. The average molecular weight is 870 g/mol. The molecule has 0 bridgehead atoms. The zero-order chi connectivity index (χ0) is 33.5. The molecular formula is C43H28N5O2PtSi. The molecule has 0 saturated heterocycles. The minimum Gasteiger partial charge on any atom is -0.443 e. The van der Waals surface area contributed by atoms with Crippen LogP contribution in [0.25, 0.3) is 61.4 Å². The van der Waals surface area contributed by atoms with Gasteiger partial charge in [0, 0.05) is 43.3 Å². The summed E-state index contributed by atoms with van der Waals surface area (Å²) in [4.78, 5) is 15.2. The number of benzene rings is 5. The van der Waals surface area contributed by atoms with Gasteiger partial charge in [-0.1, -0.05) is 121 Å². The van der Waals surface area contributed by atoms with E-state index in [0.717, 1.165) is 61.1 Å². The van der Waals surface area contributed by atoms with Crippen molar-refractivity contribution in [3.8, 4) is 17.3 Å². The smallest absolute Gasteiger partial charge is 0.309 e. The molecule has 1 radical (unpaired) electrons. The van der Waals surface area contributed by atoms with Gasteiger partial charge in [0.05, 0.1) is 22.9 Å². The summed E-state index contributed by atoms with van der Waals surface area (Å²) in [5, 5.41) is 4.76. The van der Waals surface area contributed by atoms with E-state index >= 15 is 0 Å². The summed E-state index contributed by atoms with van der Waals surface area (Å²) in [5.41, 5.74) is 8.99. The quantitative estimate of drug-likeness (QED) is 0.162. The number of pyridine rings is 1. The van der Waals surface area contributed by atoms with Gasteiger partial charge in [0.2, 0.25) is 8.96 Å². The summed E-state index contributed by atoms with van der Waals surface area (Å²) >= 11 is 0. The Balaban J connectivity index is 0.00000338. The van der Waals surface area contributed by atoms with Crippen LogP contribution >= 0.6 is 0 Å². The Hall–Kier alpha value is -5.82. The molecule has 0 fully saturated rings. The third-order valence-corrected chi connectivity index (χ3v) is 13.0. The first-order valence-corrected chi connectivity index (χ1v) is 18.6. The molecule has 1 aliphatic carbocycles. The van der Waals surface area contributed by atoms with Crippen LogP contribution in [0.15, 0.2) is 167 Å². The first-order valence-electron chi connectivity index (χ1n) is 17.1. The van der Waals surface area contributed by atoms with Crippen molar-refractivity contribution >= 4 is 69.2 Å². The zero-order valence-corrected chi connectivity index (χ0v) is 30.8. The Labute approximate surface area is 314 Å². The number of hydrogen-bond donors (Lipinski definition) is 0. The van der Waals surface area contributed by atoms with Crippen LogP contribution in [0.1, 0.15) is 11.5 Å². The summed E-state index contributed by atoms with van der Waals surface area (Å²) in [7, 11) is -1.48. The largest absolute Gasteiger partial charge is 0.443 e. The second-order valence-corrected chi connectivity index (χ2v) is 15.3. The van der Waals surface area contributed by atoms with Gasteiger partial charge >= 0.3 is 6.01 Å². The van der Waals surface area contributed by atoms with Gasteiger partial charge in [0.1, 0.15) is 16.7 Å². The van der Waals surface area contributed by atoms with Crippen molar-refractivity contribution in [2.45, 2.75) is 12.0 Å². The maximum Gasteiger partial charge on any atom is 0.309 e. The Kier molecular flexibility index (Phi) is 7.23. The van der Waals surface area contributed by atoms with Gasteiger partial charge in [-0.05, 0) is 46.3 Å². The molecule has 52 heavy (non-hydrogen) atoms. The van der Waals surface area contributed by atoms with Crippen LogP contribution in [0.4, 0.5) is 5.69 Å². The minimum atomic E-state index is -1.48. The van der Waals surface area contributed by atoms with Crippen molar-refractivity contribution in [3.63, 3.8) is 0 Å². The maximum atomic E-state index is 6.78. The standard InChI is InChI=1S/C43H28N5O2Si.Pt/c1-3-12-27(13-4-1)51(28-14-5-2-6-15-28)48-36-20-10-8-16-29(36)31-23-25-38-40(41(31)48)46-43(50-38)47-35-19-9-7-17-30(35)32-22-24-34(45-42(32)47)33-18-11-21-37-39(33)44-26-49-37;/h1-26,29,36H;. The van der Waals surface area contributed by atoms with Gasteiger partial charge in [-0.15, -0.1) is 0 Å². The Bertz CT molecular complexity index is 2820. The average Bonchev–Trinajstić information content (AvgIpc) is 3.98. The van der Waals surface area contributed by atoms with Crippen LogP contribution in [0.3, 0.4) is 0 Å². The van der Waals surface area contributed by atoms with Crippen molar-refractivity contribution in [2.24, 2.45) is 0 Å². The molecule has 4 aromatic heterocycles. The normalized spacial score (nSPS) is 16.3. The summed E-state index contributed by atoms with van der Waals surface area (Å²) in [6.07, 6.45) is 10.5. The minimum absolute atomic E-state index is 0. The molecule has 0 saturated carbocycles.